The molecule has 1 N–H and O–H groups in total. The molecule has 23 heavy (non-hydrogen) atoms. The molecular formula is C17H22N4O2. The van der Waals surface area contributed by atoms with Gasteiger partial charge in [0.15, 0.2) is 0 Å². The first-order valence-electron chi connectivity index (χ1n) is 8.14. The number of esters is 1. The molecule has 4 rings (SSSR count). The topological polar surface area (TPSA) is 59.4 Å². The Labute approximate surface area is 135 Å². The van der Waals surface area contributed by atoms with Gasteiger partial charge in [0.2, 0.25) is 0 Å². The number of rotatable bonds is 4. The summed E-state index contributed by atoms with van der Waals surface area (Å²) in [5, 5.41) is 7.79. The van der Waals surface area contributed by atoms with Crippen molar-refractivity contribution in [2.45, 2.75) is 19.9 Å². The first-order chi connectivity index (χ1) is 11.1. The smallest absolute Gasteiger partial charge is 0.341 e. The van der Waals surface area contributed by atoms with Crippen LogP contribution >= 0.6 is 0 Å². The van der Waals surface area contributed by atoms with Crippen molar-refractivity contribution in [3.05, 3.63) is 41.0 Å². The Morgan fingerprint density at radius 1 is 1.43 bits per heavy atom. The molecule has 1 aromatic rings. The van der Waals surface area contributed by atoms with Gasteiger partial charge in [-0.05, 0) is 42.4 Å². The van der Waals surface area contributed by atoms with Gasteiger partial charge >= 0.3 is 5.97 Å². The number of carbonyl (C=O) groups is 1. The first kappa shape index (κ1) is 14.4. The number of ether oxygens (including phenoxy) is 1. The zero-order chi connectivity index (χ0) is 16.0. The average Bonchev–Trinajstić information content (AvgIpc) is 2.98. The van der Waals surface area contributed by atoms with E-state index in [1.165, 1.54) is 43.6 Å². The number of methoxy groups -OCH3 is 1. The fourth-order valence-corrected chi connectivity index (χ4v) is 3.54. The molecule has 2 fully saturated rings. The van der Waals surface area contributed by atoms with Crippen LogP contribution in [0.4, 0.5) is 0 Å². The number of nitrogens with one attached hydrogen (secondary N) is 1. The second-order valence-corrected chi connectivity index (χ2v) is 6.75. The molecule has 6 nitrogen and oxygen atoms in total. The van der Waals surface area contributed by atoms with Crippen molar-refractivity contribution in [1.29, 1.82) is 0 Å². The van der Waals surface area contributed by atoms with Gasteiger partial charge in [-0.2, -0.15) is 5.10 Å². The van der Waals surface area contributed by atoms with Gasteiger partial charge in [0.25, 0.3) is 0 Å². The third-order valence-electron chi connectivity index (χ3n) is 5.12. The number of carbonyl (C=O) groups excluding carboxylic acids is 1. The van der Waals surface area contributed by atoms with Gasteiger partial charge in [0.1, 0.15) is 5.82 Å². The van der Waals surface area contributed by atoms with E-state index in [2.05, 4.69) is 28.3 Å². The van der Waals surface area contributed by atoms with E-state index in [0.717, 1.165) is 18.4 Å². The normalized spacial score (nSPS) is 25.8. The zero-order valence-corrected chi connectivity index (χ0v) is 13.6. The van der Waals surface area contributed by atoms with Crippen LogP contribution in [-0.2, 0) is 11.3 Å². The monoisotopic (exact) mass is 314 g/mol. The summed E-state index contributed by atoms with van der Waals surface area (Å²) < 4.78 is 6.50. The van der Waals surface area contributed by atoms with Crippen molar-refractivity contribution in [1.82, 2.24) is 20.0 Å². The van der Waals surface area contributed by atoms with Crippen molar-refractivity contribution in [3.63, 3.8) is 0 Å². The highest BCUT2D eigenvalue weighted by Crippen LogP contribution is 2.46. The highest BCUT2D eigenvalue weighted by molar-refractivity contribution is 5.88. The molecule has 1 saturated heterocycles. The van der Waals surface area contributed by atoms with Crippen molar-refractivity contribution >= 4 is 5.97 Å². The van der Waals surface area contributed by atoms with Gasteiger partial charge in [0.05, 0.1) is 25.4 Å². The largest absolute Gasteiger partial charge is 0.465 e. The van der Waals surface area contributed by atoms with Crippen molar-refractivity contribution in [2.24, 2.45) is 11.8 Å². The molecule has 3 heterocycles. The van der Waals surface area contributed by atoms with Crippen LogP contribution in [0.25, 0.3) is 0 Å². The summed E-state index contributed by atoms with van der Waals surface area (Å²) in [6.07, 6.45) is 6.95. The summed E-state index contributed by atoms with van der Waals surface area (Å²) in [4.78, 5) is 14.0. The number of dihydropyridines is 1. The fraction of sp³-hybridized carbons (Fsp3) is 0.529. The van der Waals surface area contributed by atoms with Gasteiger partial charge in [0, 0.05) is 25.8 Å². The molecule has 0 spiro atoms. The zero-order valence-electron chi connectivity index (χ0n) is 13.6. The van der Waals surface area contributed by atoms with Gasteiger partial charge in [-0.1, -0.05) is 0 Å². The number of aromatic nitrogens is 2. The summed E-state index contributed by atoms with van der Waals surface area (Å²) in [5.74, 6) is 2.78. The van der Waals surface area contributed by atoms with Crippen LogP contribution in [0, 0.1) is 11.8 Å². The molecule has 6 heteroatoms. The summed E-state index contributed by atoms with van der Waals surface area (Å²) in [6, 6.07) is 0. The van der Waals surface area contributed by atoms with E-state index in [4.69, 9.17) is 4.74 Å². The lowest BCUT2D eigenvalue weighted by Crippen LogP contribution is -2.35. The Balaban J connectivity index is 1.45. The van der Waals surface area contributed by atoms with Crippen LogP contribution < -0.4 is 5.32 Å². The second-order valence-electron chi connectivity index (χ2n) is 6.75. The first-order valence-corrected chi connectivity index (χ1v) is 8.14. The Morgan fingerprint density at radius 3 is 2.91 bits per heavy atom. The van der Waals surface area contributed by atoms with Gasteiger partial charge in [-0.3, -0.25) is 4.68 Å². The molecule has 2 aliphatic heterocycles. The summed E-state index contributed by atoms with van der Waals surface area (Å²) in [6.45, 7) is 6.07. The van der Waals surface area contributed by atoms with E-state index in [0.29, 0.717) is 12.1 Å². The van der Waals surface area contributed by atoms with E-state index in [1.54, 1.807) is 17.1 Å². The highest BCUT2D eigenvalue weighted by Gasteiger charge is 2.45. The number of allylic oxidation sites excluding steroid dienone is 2. The molecule has 2 atom stereocenters. The van der Waals surface area contributed by atoms with Crippen LogP contribution in [-0.4, -0.2) is 47.4 Å². The molecule has 0 radical (unpaired) electrons. The van der Waals surface area contributed by atoms with Gasteiger partial charge in [-0.25, -0.2) is 4.79 Å². The van der Waals surface area contributed by atoms with Crippen LogP contribution in [0.5, 0.6) is 0 Å². The van der Waals surface area contributed by atoms with E-state index < -0.39 is 0 Å². The summed E-state index contributed by atoms with van der Waals surface area (Å²) in [7, 11) is 1.38. The predicted molar refractivity (Wildman–Crippen MR) is 85.5 cm³/mol. The van der Waals surface area contributed by atoms with E-state index in [-0.39, 0.29) is 5.97 Å². The SMILES string of the molecule is COC(=O)c1cnn(CC2=C(C)C=C(N3CC4CC4C3)NC2)c1. The van der Waals surface area contributed by atoms with Gasteiger partial charge < -0.3 is 15.0 Å². The van der Waals surface area contributed by atoms with Crippen molar-refractivity contribution in [2.75, 3.05) is 26.7 Å². The lowest BCUT2D eigenvalue weighted by molar-refractivity contribution is 0.0600. The average molecular weight is 314 g/mol. The van der Waals surface area contributed by atoms with Crippen LogP contribution in [0.1, 0.15) is 23.7 Å². The van der Waals surface area contributed by atoms with E-state index in [9.17, 15) is 4.79 Å². The van der Waals surface area contributed by atoms with Crippen molar-refractivity contribution < 1.29 is 9.53 Å². The third kappa shape index (κ3) is 2.73. The van der Waals surface area contributed by atoms with Gasteiger partial charge in [-0.15, -0.1) is 0 Å². The minimum Gasteiger partial charge on any atom is -0.465 e. The second kappa shape index (κ2) is 5.44. The molecule has 122 valence electrons. The van der Waals surface area contributed by atoms with Crippen LogP contribution in [0.3, 0.4) is 0 Å². The number of hydrogen-bond acceptors (Lipinski definition) is 5. The van der Waals surface area contributed by atoms with Crippen LogP contribution in [0.2, 0.25) is 0 Å². The van der Waals surface area contributed by atoms with Crippen LogP contribution in [0.15, 0.2) is 35.4 Å². The predicted octanol–water partition coefficient (Wildman–Crippen LogP) is 1.38. The maximum absolute atomic E-state index is 11.5. The molecule has 1 aromatic heterocycles. The lowest BCUT2D eigenvalue weighted by Gasteiger charge is -2.29. The molecule has 3 aliphatic rings. The minimum absolute atomic E-state index is 0.349. The highest BCUT2D eigenvalue weighted by atomic mass is 16.5. The number of hydrogen-bond donors (Lipinski definition) is 1. The summed E-state index contributed by atoms with van der Waals surface area (Å²) >= 11 is 0. The Kier molecular flexibility index (Phi) is 3.39. The van der Waals surface area contributed by atoms with Crippen molar-refractivity contribution in [3.8, 4) is 0 Å². The third-order valence-corrected chi connectivity index (χ3v) is 5.12. The quantitative estimate of drug-likeness (QED) is 0.851. The molecule has 0 aromatic carbocycles. The number of piperidine rings is 1. The lowest BCUT2D eigenvalue weighted by atomic mass is 10.1. The molecule has 1 aliphatic carbocycles. The number of likely N-dealkylation sites (tertiary alicyclic amines) is 1. The molecular weight excluding hydrogens is 292 g/mol. The number of nitrogens with zero attached hydrogens (tertiary/aromatic N) is 3. The Morgan fingerprint density at radius 2 is 2.22 bits per heavy atom. The molecule has 0 amide bonds. The maximum atomic E-state index is 11.5. The molecule has 2 unspecified atom stereocenters. The van der Waals surface area contributed by atoms with E-state index in [1.807, 2.05) is 0 Å². The Hall–Kier alpha value is -2.24. The number of fused-ring (bicyclic) bond motifs is 1. The fourth-order valence-electron chi connectivity index (χ4n) is 3.54. The Bertz CT molecular complexity index is 693. The van der Waals surface area contributed by atoms with E-state index >= 15 is 0 Å². The molecule has 1 saturated carbocycles. The standard InChI is InChI=1S/C17H22N4O2/c1-11-3-16(20-7-12-4-13(12)8-20)18-5-14(11)9-21-10-15(6-19-21)17(22)23-2/h3,6,10,12-13,18H,4-5,7-9H2,1-2H3. The maximum Gasteiger partial charge on any atom is 0.341 e. The summed E-state index contributed by atoms with van der Waals surface area (Å²) in [5.41, 5.74) is 3.06. The molecule has 0 bridgehead atoms. The minimum atomic E-state index is -0.349.